The van der Waals surface area contributed by atoms with E-state index < -0.39 is 18.8 Å². The third kappa shape index (κ3) is 4.29. The van der Waals surface area contributed by atoms with Crippen molar-refractivity contribution in [3.05, 3.63) is 28.2 Å². The molecule has 1 aromatic rings. The molecule has 4 nitrogen and oxygen atoms in total. The second-order valence-electron chi connectivity index (χ2n) is 4.48. The minimum absolute atomic E-state index is 0.236. The fourth-order valence-corrected chi connectivity index (χ4v) is 2.10. The normalized spacial score (nSPS) is 12.8. The van der Waals surface area contributed by atoms with Crippen LogP contribution in [0.1, 0.15) is 19.4 Å². The number of amidine groups is 1. The van der Waals surface area contributed by atoms with Crippen LogP contribution in [0.5, 0.6) is 0 Å². The molecule has 0 aliphatic heterocycles. The molecule has 0 amide bonds. The second-order valence-corrected chi connectivity index (χ2v) is 5.40. The second kappa shape index (κ2) is 6.34. The zero-order chi connectivity index (χ0) is 15.5. The van der Waals surface area contributed by atoms with Gasteiger partial charge in [-0.05, 0) is 32.0 Å². The Kier molecular flexibility index (Phi) is 5.27. The number of benzene rings is 1. The van der Waals surface area contributed by atoms with Crippen molar-refractivity contribution in [3.63, 3.8) is 0 Å². The summed E-state index contributed by atoms with van der Waals surface area (Å²) in [5.74, 6) is -0.236. The average molecular weight is 354 g/mol. The Balaban J connectivity index is 3.35. The summed E-state index contributed by atoms with van der Waals surface area (Å²) in [6.07, 6.45) is -4.35. The van der Waals surface area contributed by atoms with Gasteiger partial charge in [-0.2, -0.15) is 13.2 Å². The highest BCUT2D eigenvalue weighted by molar-refractivity contribution is 9.10. The molecule has 0 aliphatic rings. The third-order valence-electron chi connectivity index (χ3n) is 2.63. The standard InChI is InChI=1S/C12H15BrF3N3O/c1-7(2)19(6-12(14,15)16)10-5-8(13)3-4-9(10)11(17)18-20/h3-5,7,20H,6H2,1-2H3,(H2,17,18). The SMILES string of the molecule is CC(C)N(CC(F)(F)F)c1cc(Br)ccc1/C(N)=N/O. The first-order chi connectivity index (χ1) is 9.15. The van der Waals surface area contributed by atoms with E-state index in [2.05, 4.69) is 21.1 Å². The summed E-state index contributed by atoms with van der Waals surface area (Å²) >= 11 is 3.21. The van der Waals surface area contributed by atoms with Crippen molar-refractivity contribution in [2.75, 3.05) is 11.4 Å². The number of hydrogen-bond donors (Lipinski definition) is 2. The van der Waals surface area contributed by atoms with Crippen molar-refractivity contribution >= 4 is 27.5 Å². The highest BCUT2D eigenvalue weighted by atomic mass is 79.9. The predicted octanol–water partition coefficient (Wildman–Crippen LogP) is 3.32. The van der Waals surface area contributed by atoms with Crippen LogP contribution in [0.15, 0.2) is 27.8 Å². The maximum absolute atomic E-state index is 12.7. The fourth-order valence-electron chi connectivity index (χ4n) is 1.75. The van der Waals surface area contributed by atoms with E-state index in [4.69, 9.17) is 10.9 Å². The minimum atomic E-state index is -4.35. The highest BCUT2D eigenvalue weighted by Gasteiger charge is 2.33. The van der Waals surface area contributed by atoms with Crippen LogP contribution >= 0.6 is 15.9 Å². The minimum Gasteiger partial charge on any atom is -0.409 e. The Bertz CT molecular complexity index is 503. The molecule has 0 saturated carbocycles. The highest BCUT2D eigenvalue weighted by Crippen LogP contribution is 2.30. The van der Waals surface area contributed by atoms with E-state index in [-0.39, 0.29) is 17.1 Å². The molecule has 0 bridgehead atoms. The van der Waals surface area contributed by atoms with E-state index in [9.17, 15) is 13.2 Å². The van der Waals surface area contributed by atoms with Crippen LogP contribution in [0.4, 0.5) is 18.9 Å². The molecule has 20 heavy (non-hydrogen) atoms. The fraction of sp³-hybridized carbons (Fsp3) is 0.417. The molecule has 0 heterocycles. The van der Waals surface area contributed by atoms with Gasteiger partial charge >= 0.3 is 6.18 Å². The van der Waals surface area contributed by atoms with Crippen molar-refractivity contribution in [2.24, 2.45) is 10.9 Å². The van der Waals surface area contributed by atoms with E-state index in [0.717, 1.165) is 4.90 Å². The van der Waals surface area contributed by atoms with Gasteiger partial charge in [0.25, 0.3) is 0 Å². The number of oxime groups is 1. The molecule has 1 aromatic carbocycles. The molecule has 0 atom stereocenters. The lowest BCUT2D eigenvalue weighted by Gasteiger charge is -2.31. The van der Waals surface area contributed by atoms with E-state index in [0.29, 0.717) is 4.47 Å². The monoisotopic (exact) mass is 353 g/mol. The third-order valence-corrected chi connectivity index (χ3v) is 3.12. The summed E-state index contributed by atoms with van der Waals surface area (Å²) in [6, 6.07) is 4.22. The van der Waals surface area contributed by atoms with Gasteiger partial charge in [-0.1, -0.05) is 21.1 Å². The van der Waals surface area contributed by atoms with Gasteiger partial charge in [-0.25, -0.2) is 0 Å². The first-order valence-corrected chi connectivity index (χ1v) is 6.56. The number of anilines is 1. The van der Waals surface area contributed by atoms with Gasteiger partial charge in [0.15, 0.2) is 5.84 Å². The van der Waals surface area contributed by atoms with Crippen LogP contribution in [0, 0.1) is 0 Å². The zero-order valence-electron chi connectivity index (χ0n) is 10.9. The lowest BCUT2D eigenvalue weighted by molar-refractivity contribution is -0.120. The zero-order valence-corrected chi connectivity index (χ0v) is 12.5. The van der Waals surface area contributed by atoms with Crippen LogP contribution < -0.4 is 10.6 Å². The van der Waals surface area contributed by atoms with Gasteiger partial charge in [0.05, 0.1) is 0 Å². The maximum atomic E-state index is 12.7. The first kappa shape index (κ1) is 16.6. The smallest absolute Gasteiger partial charge is 0.405 e. The lowest BCUT2D eigenvalue weighted by Crippen LogP contribution is -2.40. The number of nitrogens with two attached hydrogens (primary N) is 1. The Hall–Kier alpha value is -1.44. The van der Waals surface area contributed by atoms with Crippen molar-refractivity contribution in [3.8, 4) is 0 Å². The Morgan fingerprint density at radius 3 is 2.50 bits per heavy atom. The van der Waals surface area contributed by atoms with E-state index in [1.54, 1.807) is 19.9 Å². The number of hydrogen-bond acceptors (Lipinski definition) is 3. The summed E-state index contributed by atoms with van der Waals surface area (Å²) in [5, 5.41) is 11.6. The predicted molar refractivity (Wildman–Crippen MR) is 75.2 cm³/mol. The Morgan fingerprint density at radius 2 is 2.05 bits per heavy atom. The van der Waals surface area contributed by atoms with Crippen LogP contribution in [0.25, 0.3) is 0 Å². The van der Waals surface area contributed by atoms with Gasteiger partial charge in [0.2, 0.25) is 0 Å². The molecule has 0 spiro atoms. The molecule has 112 valence electrons. The molecule has 8 heteroatoms. The molecular weight excluding hydrogens is 339 g/mol. The number of rotatable bonds is 4. The number of halogens is 4. The summed E-state index contributed by atoms with van der Waals surface area (Å²) < 4.78 is 38.7. The molecule has 0 radical (unpaired) electrons. The van der Waals surface area contributed by atoms with Gasteiger partial charge in [-0.3, -0.25) is 0 Å². The van der Waals surface area contributed by atoms with E-state index in [1.165, 1.54) is 12.1 Å². The molecule has 0 fully saturated rings. The first-order valence-electron chi connectivity index (χ1n) is 5.76. The molecule has 0 aliphatic carbocycles. The lowest BCUT2D eigenvalue weighted by atomic mass is 10.1. The van der Waals surface area contributed by atoms with Crippen LogP contribution in [-0.2, 0) is 0 Å². The van der Waals surface area contributed by atoms with Crippen LogP contribution in [0.3, 0.4) is 0 Å². The van der Waals surface area contributed by atoms with Crippen LogP contribution in [0.2, 0.25) is 0 Å². The Morgan fingerprint density at radius 1 is 1.45 bits per heavy atom. The molecule has 0 aromatic heterocycles. The van der Waals surface area contributed by atoms with Gasteiger partial charge < -0.3 is 15.8 Å². The van der Waals surface area contributed by atoms with Crippen molar-refractivity contribution < 1.29 is 18.4 Å². The average Bonchev–Trinajstić information content (AvgIpc) is 2.33. The van der Waals surface area contributed by atoms with Crippen molar-refractivity contribution in [1.82, 2.24) is 0 Å². The van der Waals surface area contributed by atoms with E-state index >= 15 is 0 Å². The molecule has 3 N–H and O–H groups in total. The van der Waals surface area contributed by atoms with Gasteiger partial charge in [-0.15, -0.1) is 0 Å². The number of alkyl halides is 3. The van der Waals surface area contributed by atoms with Crippen molar-refractivity contribution in [2.45, 2.75) is 26.1 Å². The summed E-state index contributed by atoms with van der Waals surface area (Å²) in [4.78, 5) is 1.15. The number of nitrogens with zero attached hydrogens (tertiary/aromatic N) is 2. The topological polar surface area (TPSA) is 61.8 Å². The maximum Gasteiger partial charge on any atom is 0.405 e. The van der Waals surface area contributed by atoms with Gasteiger partial charge in [0.1, 0.15) is 6.54 Å². The molecular formula is C12H15BrF3N3O. The summed E-state index contributed by atoms with van der Waals surface area (Å²) in [5.41, 5.74) is 6.02. The molecule has 0 unspecified atom stereocenters. The molecule has 1 rings (SSSR count). The van der Waals surface area contributed by atoms with Crippen molar-refractivity contribution in [1.29, 1.82) is 0 Å². The largest absolute Gasteiger partial charge is 0.409 e. The molecule has 0 saturated heterocycles. The Labute approximate surface area is 123 Å². The van der Waals surface area contributed by atoms with Gasteiger partial charge in [0, 0.05) is 21.8 Å². The summed E-state index contributed by atoms with van der Waals surface area (Å²) in [7, 11) is 0. The quantitative estimate of drug-likeness (QED) is 0.377. The van der Waals surface area contributed by atoms with E-state index in [1.807, 2.05) is 0 Å². The summed E-state index contributed by atoms with van der Waals surface area (Å²) in [6.45, 7) is 2.16. The van der Waals surface area contributed by atoms with Crippen LogP contribution in [-0.4, -0.2) is 29.8 Å².